The molecule has 92 valence electrons. The van der Waals surface area contributed by atoms with Crippen LogP contribution >= 0.6 is 0 Å². The predicted octanol–water partition coefficient (Wildman–Crippen LogP) is 1.09. The van der Waals surface area contributed by atoms with Gasteiger partial charge in [0.1, 0.15) is 4.90 Å². The highest BCUT2D eigenvalue weighted by Crippen LogP contribution is 2.23. The van der Waals surface area contributed by atoms with Gasteiger partial charge in [0.15, 0.2) is 0 Å². The van der Waals surface area contributed by atoms with Gasteiger partial charge < -0.3 is 0 Å². The van der Waals surface area contributed by atoms with E-state index in [-0.39, 0.29) is 4.90 Å². The van der Waals surface area contributed by atoms with Crippen LogP contribution in [-0.4, -0.2) is 28.8 Å². The Morgan fingerprint density at radius 1 is 1.17 bits per heavy atom. The summed E-state index contributed by atoms with van der Waals surface area (Å²) < 4.78 is 26.5. The number of benzene rings is 1. The van der Waals surface area contributed by atoms with E-state index in [2.05, 4.69) is 25.1 Å². The molecule has 0 aliphatic carbocycles. The van der Waals surface area contributed by atoms with Crippen molar-refractivity contribution < 1.29 is 8.42 Å². The van der Waals surface area contributed by atoms with Gasteiger partial charge in [0.2, 0.25) is 0 Å². The minimum atomic E-state index is -3.63. The third-order valence-corrected chi connectivity index (χ3v) is 3.84. The maximum absolute atomic E-state index is 12.0. The molecular weight excluding hydrogens is 254 g/mol. The lowest BCUT2D eigenvalue weighted by Gasteiger charge is -2.06. The van der Waals surface area contributed by atoms with Crippen LogP contribution < -0.4 is 4.72 Å². The fourth-order valence-corrected chi connectivity index (χ4v) is 2.62. The summed E-state index contributed by atoms with van der Waals surface area (Å²) in [5.41, 5.74) is 1.09. The molecule has 0 saturated carbocycles. The van der Waals surface area contributed by atoms with Crippen molar-refractivity contribution in [1.29, 1.82) is 0 Å². The highest BCUT2D eigenvalue weighted by molar-refractivity contribution is 7.92. The monoisotopic (exact) mass is 263 g/mol. The minimum absolute atomic E-state index is 0.0824. The molecule has 7 nitrogen and oxygen atoms in total. The van der Waals surface area contributed by atoms with Gasteiger partial charge in [-0.25, -0.2) is 8.42 Å². The van der Waals surface area contributed by atoms with Crippen molar-refractivity contribution in [2.24, 2.45) is 0 Å². The number of anilines is 1. The van der Waals surface area contributed by atoms with Gasteiger partial charge in [0.05, 0.1) is 23.6 Å². The van der Waals surface area contributed by atoms with Crippen LogP contribution in [0, 0.1) is 0 Å². The zero-order valence-electron chi connectivity index (χ0n) is 9.08. The van der Waals surface area contributed by atoms with Crippen LogP contribution in [0.4, 0.5) is 5.69 Å². The summed E-state index contributed by atoms with van der Waals surface area (Å²) in [5.74, 6) is 0. The number of hydrogen-bond donors (Lipinski definition) is 3. The molecule has 0 spiro atoms. The van der Waals surface area contributed by atoms with Gasteiger partial charge in [-0.15, -0.1) is 0 Å². The minimum Gasteiger partial charge on any atom is -0.284 e. The first kappa shape index (κ1) is 10.8. The lowest BCUT2D eigenvalue weighted by atomic mass is 10.2. The molecule has 0 aliphatic heterocycles. The van der Waals surface area contributed by atoms with Crippen molar-refractivity contribution in [2.45, 2.75) is 4.90 Å². The summed E-state index contributed by atoms with van der Waals surface area (Å²) in [5, 5.41) is 13.6. The van der Waals surface area contributed by atoms with E-state index in [0.717, 1.165) is 5.39 Å². The van der Waals surface area contributed by atoms with E-state index < -0.39 is 10.0 Å². The van der Waals surface area contributed by atoms with E-state index in [1.807, 2.05) is 6.07 Å². The Labute approximate surface area is 102 Å². The third kappa shape index (κ3) is 1.72. The number of para-hydroxylation sites is 1. The van der Waals surface area contributed by atoms with Gasteiger partial charge in [-0.05, 0) is 6.07 Å². The van der Waals surface area contributed by atoms with Crippen molar-refractivity contribution in [1.82, 2.24) is 20.4 Å². The first-order valence-corrected chi connectivity index (χ1v) is 6.59. The normalized spacial score (nSPS) is 11.8. The number of sulfonamides is 1. The Morgan fingerprint density at radius 3 is 2.83 bits per heavy atom. The Kier molecular flexibility index (Phi) is 2.30. The molecule has 0 saturated heterocycles. The lowest BCUT2D eigenvalue weighted by Crippen LogP contribution is -2.12. The highest BCUT2D eigenvalue weighted by Gasteiger charge is 2.16. The van der Waals surface area contributed by atoms with E-state index in [9.17, 15) is 8.42 Å². The summed E-state index contributed by atoms with van der Waals surface area (Å²) in [7, 11) is -3.63. The largest absolute Gasteiger partial charge is 0.284 e. The zero-order chi connectivity index (χ0) is 12.6. The fraction of sp³-hybridized carbons (Fsp3) is 0. The molecule has 0 unspecified atom stereocenters. The molecule has 0 amide bonds. The molecule has 18 heavy (non-hydrogen) atoms. The molecule has 1 aromatic carbocycles. The zero-order valence-corrected chi connectivity index (χ0v) is 9.90. The van der Waals surface area contributed by atoms with Gasteiger partial charge in [-0.3, -0.25) is 14.9 Å². The number of rotatable bonds is 3. The number of fused-ring (bicyclic) bond motifs is 1. The summed E-state index contributed by atoms with van der Waals surface area (Å²) in [6.07, 6.45) is 4.19. The molecule has 2 aromatic heterocycles. The van der Waals surface area contributed by atoms with E-state index in [0.29, 0.717) is 11.2 Å². The van der Waals surface area contributed by atoms with E-state index in [1.54, 1.807) is 18.3 Å². The van der Waals surface area contributed by atoms with Crippen molar-refractivity contribution in [3.8, 4) is 0 Å². The third-order valence-electron chi connectivity index (χ3n) is 2.50. The second-order valence-electron chi connectivity index (χ2n) is 3.68. The van der Waals surface area contributed by atoms with Crippen LogP contribution in [0.25, 0.3) is 10.9 Å². The van der Waals surface area contributed by atoms with Crippen molar-refractivity contribution in [3.63, 3.8) is 0 Å². The van der Waals surface area contributed by atoms with Gasteiger partial charge in [0.25, 0.3) is 10.0 Å². The van der Waals surface area contributed by atoms with Gasteiger partial charge >= 0.3 is 0 Å². The van der Waals surface area contributed by atoms with Crippen LogP contribution in [0.15, 0.2) is 41.7 Å². The Balaban J connectivity index is 2.05. The maximum atomic E-state index is 12.0. The van der Waals surface area contributed by atoms with Gasteiger partial charge in [0, 0.05) is 11.6 Å². The van der Waals surface area contributed by atoms with E-state index in [1.165, 1.54) is 12.4 Å². The lowest BCUT2D eigenvalue weighted by molar-refractivity contribution is 0.601. The molecule has 3 N–H and O–H groups in total. The second-order valence-corrected chi connectivity index (χ2v) is 5.36. The second kappa shape index (κ2) is 3.84. The number of nitrogens with one attached hydrogen (secondary N) is 3. The molecule has 0 fully saturated rings. The number of H-pyrrole nitrogens is 2. The summed E-state index contributed by atoms with van der Waals surface area (Å²) in [6.45, 7) is 0. The molecule has 0 bridgehead atoms. The number of hydrogen-bond acceptors (Lipinski definition) is 4. The van der Waals surface area contributed by atoms with E-state index in [4.69, 9.17) is 0 Å². The van der Waals surface area contributed by atoms with Crippen LogP contribution in [0.1, 0.15) is 0 Å². The average molecular weight is 263 g/mol. The first-order chi connectivity index (χ1) is 8.67. The number of aromatic amines is 2. The standard InChI is InChI=1S/C10H9N5O2S/c16-18(17,8-5-11-12-6-8)15-9-3-1-2-7-4-13-14-10(7)9/h1-6,15H,(H,11,12)(H,13,14). The molecule has 3 aromatic rings. The smallest absolute Gasteiger partial charge is 0.265 e. The molecule has 8 heteroatoms. The van der Waals surface area contributed by atoms with Gasteiger partial charge in [-0.1, -0.05) is 12.1 Å². The molecule has 0 radical (unpaired) electrons. The first-order valence-electron chi connectivity index (χ1n) is 5.10. The molecule has 3 rings (SSSR count). The van der Waals surface area contributed by atoms with Crippen LogP contribution in [0.5, 0.6) is 0 Å². The van der Waals surface area contributed by atoms with Crippen LogP contribution in [0.2, 0.25) is 0 Å². The highest BCUT2D eigenvalue weighted by atomic mass is 32.2. The summed E-state index contributed by atoms with van der Waals surface area (Å²) in [6, 6.07) is 5.26. The summed E-state index contributed by atoms with van der Waals surface area (Å²) in [4.78, 5) is 0.0824. The maximum Gasteiger partial charge on any atom is 0.265 e. The molecular formula is C10H9N5O2S. The Hall–Kier alpha value is -2.35. The Bertz CT molecular complexity index is 776. The van der Waals surface area contributed by atoms with Gasteiger partial charge in [-0.2, -0.15) is 10.2 Å². The summed E-state index contributed by atoms with van der Waals surface area (Å²) >= 11 is 0. The molecule has 0 atom stereocenters. The Morgan fingerprint density at radius 2 is 2.06 bits per heavy atom. The number of nitrogens with zero attached hydrogens (tertiary/aromatic N) is 2. The molecule has 2 heterocycles. The van der Waals surface area contributed by atoms with Crippen molar-refractivity contribution in [3.05, 3.63) is 36.8 Å². The number of aromatic nitrogens is 4. The van der Waals surface area contributed by atoms with E-state index >= 15 is 0 Å². The quantitative estimate of drug-likeness (QED) is 0.658. The SMILES string of the molecule is O=S(=O)(Nc1cccc2cn[nH]c12)c1cn[nH]c1. The predicted molar refractivity (Wildman–Crippen MR) is 65.5 cm³/mol. The topological polar surface area (TPSA) is 104 Å². The fourth-order valence-electron chi connectivity index (χ4n) is 1.64. The molecule has 0 aliphatic rings. The van der Waals surface area contributed by atoms with Crippen molar-refractivity contribution in [2.75, 3.05) is 4.72 Å². The van der Waals surface area contributed by atoms with Crippen LogP contribution in [0.3, 0.4) is 0 Å². The average Bonchev–Trinajstić information content (AvgIpc) is 3.00. The van der Waals surface area contributed by atoms with Crippen LogP contribution in [-0.2, 0) is 10.0 Å². The van der Waals surface area contributed by atoms with Crippen molar-refractivity contribution >= 4 is 26.6 Å².